The molecule has 0 bridgehead atoms. The van der Waals surface area contributed by atoms with E-state index in [1.165, 1.54) is 10.5 Å². The molecule has 4 rings (SSSR count). The number of piperidine rings is 1. The van der Waals surface area contributed by atoms with Crippen LogP contribution >= 0.6 is 0 Å². The first-order chi connectivity index (χ1) is 12.0. The lowest BCUT2D eigenvalue weighted by molar-refractivity contribution is -0.00765. The average Bonchev–Trinajstić information content (AvgIpc) is 3.02. The Kier molecular flexibility index (Phi) is 4.01. The van der Waals surface area contributed by atoms with E-state index in [1.54, 1.807) is 6.20 Å². The third kappa shape index (κ3) is 3.15. The second kappa shape index (κ2) is 6.20. The van der Waals surface area contributed by atoms with Crippen molar-refractivity contribution in [1.82, 2.24) is 20.1 Å². The Balaban J connectivity index is 1.20. The fourth-order valence-electron chi connectivity index (χ4n) is 4.60. The molecule has 1 aliphatic carbocycles. The van der Waals surface area contributed by atoms with Crippen molar-refractivity contribution >= 4 is 12.1 Å². The van der Waals surface area contributed by atoms with Gasteiger partial charge in [-0.3, -0.25) is 4.98 Å². The monoisotopic (exact) mass is 344 g/mol. The summed E-state index contributed by atoms with van der Waals surface area (Å²) in [5, 5.41) is 12.1. The van der Waals surface area contributed by atoms with Crippen LogP contribution < -0.4 is 5.32 Å². The number of carbonyl (C=O) groups excluding carboxylic acids is 1. The molecule has 1 saturated heterocycles. The molecule has 7 heteroatoms. The quantitative estimate of drug-likeness (QED) is 0.862. The highest BCUT2D eigenvalue weighted by Crippen LogP contribution is 2.52. The van der Waals surface area contributed by atoms with Gasteiger partial charge >= 0.3 is 12.1 Å². The van der Waals surface area contributed by atoms with E-state index in [9.17, 15) is 9.59 Å². The molecule has 2 fully saturated rings. The van der Waals surface area contributed by atoms with E-state index in [0.29, 0.717) is 44.1 Å². The van der Waals surface area contributed by atoms with E-state index >= 15 is 0 Å². The number of fused-ring (bicyclic) bond motifs is 1. The van der Waals surface area contributed by atoms with Crippen LogP contribution in [0.4, 0.5) is 9.59 Å². The zero-order valence-corrected chi connectivity index (χ0v) is 14.3. The molecule has 2 N–H and O–H groups in total. The van der Waals surface area contributed by atoms with E-state index in [0.717, 1.165) is 31.2 Å². The normalized spacial score (nSPS) is 21.8. The van der Waals surface area contributed by atoms with Crippen LogP contribution in [0.1, 0.15) is 36.8 Å². The number of likely N-dealkylation sites (tertiary alicyclic amines) is 1. The van der Waals surface area contributed by atoms with Crippen molar-refractivity contribution < 1.29 is 14.7 Å². The highest BCUT2D eigenvalue weighted by atomic mass is 16.4. The van der Waals surface area contributed by atoms with Gasteiger partial charge in [-0.05, 0) is 54.2 Å². The van der Waals surface area contributed by atoms with Crippen LogP contribution in [0.3, 0.4) is 0 Å². The Bertz CT molecular complexity index is 652. The summed E-state index contributed by atoms with van der Waals surface area (Å²) in [4.78, 5) is 30.8. The minimum atomic E-state index is -0.806. The van der Waals surface area contributed by atoms with E-state index in [-0.39, 0.29) is 6.03 Å². The van der Waals surface area contributed by atoms with Crippen molar-refractivity contribution in [2.45, 2.75) is 38.8 Å². The number of hydrogen-bond acceptors (Lipinski definition) is 3. The van der Waals surface area contributed by atoms with Crippen molar-refractivity contribution in [2.75, 3.05) is 19.6 Å². The van der Waals surface area contributed by atoms with Crippen molar-refractivity contribution in [3.63, 3.8) is 0 Å². The maximum Gasteiger partial charge on any atom is 0.407 e. The maximum atomic E-state index is 12.4. The van der Waals surface area contributed by atoms with Gasteiger partial charge in [0, 0.05) is 45.1 Å². The summed E-state index contributed by atoms with van der Waals surface area (Å²) in [5.74, 6) is 0.520. The van der Waals surface area contributed by atoms with E-state index in [2.05, 4.69) is 10.3 Å². The number of rotatable bonds is 2. The highest BCUT2D eigenvalue weighted by molar-refractivity contribution is 5.75. The Hall–Kier alpha value is -2.31. The molecule has 1 saturated carbocycles. The van der Waals surface area contributed by atoms with Gasteiger partial charge < -0.3 is 20.2 Å². The molecule has 3 heterocycles. The number of urea groups is 1. The van der Waals surface area contributed by atoms with Crippen molar-refractivity contribution in [3.8, 4) is 0 Å². The van der Waals surface area contributed by atoms with Gasteiger partial charge in [-0.15, -0.1) is 0 Å². The number of nitrogens with zero attached hydrogens (tertiary/aromatic N) is 3. The zero-order chi connectivity index (χ0) is 17.4. The van der Waals surface area contributed by atoms with Crippen molar-refractivity contribution in [1.29, 1.82) is 0 Å². The number of carboxylic acid groups (broad SMARTS) is 1. The van der Waals surface area contributed by atoms with Gasteiger partial charge in [-0.2, -0.15) is 0 Å². The van der Waals surface area contributed by atoms with E-state index in [4.69, 9.17) is 5.11 Å². The molecule has 1 spiro atoms. The summed E-state index contributed by atoms with van der Waals surface area (Å²) < 4.78 is 0. The van der Waals surface area contributed by atoms with Crippen LogP contribution in [-0.2, 0) is 13.1 Å². The minimum Gasteiger partial charge on any atom is -0.465 e. The second-order valence-electron chi connectivity index (χ2n) is 7.73. The molecule has 1 aromatic rings. The van der Waals surface area contributed by atoms with Gasteiger partial charge in [0.1, 0.15) is 0 Å². The lowest BCUT2D eigenvalue weighted by atomic mass is 9.57. The second-order valence-corrected chi connectivity index (χ2v) is 7.73. The Labute approximate surface area is 147 Å². The Morgan fingerprint density at radius 3 is 2.60 bits per heavy atom. The van der Waals surface area contributed by atoms with Crippen LogP contribution in [0, 0.1) is 11.3 Å². The van der Waals surface area contributed by atoms with Gasteiger partial charge in [0.05, 0.1) is 0 Å². The maximum absolute atomic E-state index is 12.4. The number of amides is 3. The Morgan fingerprint density at radius 1 is 1.20 bits per heavy atom. The molecule has 134 valence electrons. The molecule has 25 heavy (non-hydrogen) atoms. The first kappa shape index (κ1) is 16.2. The number of hydrogen-bond donors (Lipinski definition) is 2. The van der Waals surface area contributed by atoms with Crippen LogP contribution in [0.2, 0.25) is 0 Å². The largest absolute Gasteiger partial charge is 0.465 e. The molecule has 0 aromatic carbocycles. The molecule has 3 amide bonds. The number of carbonyl (C=O) groups is 2. The van der Waals surface area contributed by atoms with Crippen LogP contribution in [0.5, 0.6) is 0 Å². The van der Waals surface area contributed by atoms with Crippen LogP contribution in [-0.4, -0.2) is 51.6 Å². The molecule has 1 aromatic heterocycles. The predicted octanol–water partition coefficient (Wildman–Crippen LogP) is 2.28. The SMILES string of the molecule is O=C(O)N1CCC2(CC1)CC(CNC(=O)N1Cc3ccncc3C1)C2. The predicted molar refractivity (Wildman–Crippen MR) is 90.9 cm³/mol. The first-order valence-electron chi connectivity index (χ1n) is 8.97. The molecule has 2 aliphatic heterocycles. The summed E-state index contributed by atoms with van der Waals surface area (Å²) >= 11 is 0. The average molecular weight is 344 g/mol. The number of pyridine rings is 1. The highest BCUT2D eigenvalue weighted by Gasteiger charge is 2.46. The standard InChI is InChI=1S/C18H24N4O3/c23-16(22-11-14-1-4-19-10-15(14)12-22)20-9-13-7-18(8-13)2-5-21(6-3-18)17(24)25/h1,4,10,13H,2-3,5-9,11-12H2,(H,20,23)(H,24,25). The molecular weight excluding hydrogens is 320 g/mol. The van der Waals surface area contributed by atoms with Gasteiger partial charge in [0.2, 0.25) is 0 Å². The topological polar surface area (TPSA) is 85.8 Å². The van der Waals surface area contributed by atoms with E-state index in [1.807, 2.05) is 17.2 Å². The fourth-order valence-corrected chi connectivity index (χ4v) is 4.60. The van der Waals surface area contributed by atoms with Gasteiger partial charge in [-0.1, -0.05) is 0 Å². The summed E-state index contributed by atoms with van der Waals surface area (Å²) in [6.45, 7) is 3.30. The molecule has 0 atom stereocenters. The fraction of sp³-hybridized carbons (Fsp3) is 0.611. The number of aromatic nitrogens is 1. The van der Waals surface area contributed by atoms with E-state index < -0.39 is 6.09 Å². The van der Waals surface area contributed by atoms with Crippen LogP contribution in [0.25, 0.3) is 0 Å². The smallest absolute Gasteiger partial charge is 0.407 e. The summed E-state index contributed by atoms with van der Waals surface area (Å²) in [6, 6.07) is 1.97. The lowest BCUT2D eigenvalue weighted by Gasteiger charge is -2.52. The summed E-state index contributed by atoms with van der Waals surface area (Å²) in [5.41, 5.74) is 2.63. The third-order valence-corrected chi connectivity index (χ3v) is 6.09. The molecule has 0 unspecified atom stereocenters. The van der Waals surface area contributed by atoms with Gasteiger partial charge in [0.15, 0.2) is 0 Å². The summed E-state index contributed by atoms with van der Waals surface area (Å²) in [7, 11) is 0. The minimum absolute atomic E-state index is 0.00199. The molecule has 0 radical (unpaired) electrons. The first-order valence-corrected chi connectivity index (χ1v) is 8.97. The third-order valence-electron chi connectivity index (χ3n) is 6.09. The Morgan fingerprint density at radius 2 is 1.92 bits per heavy atom. The number of nitrogens with one attached hydrogen (secondary N) is 1. The summed E-state index contributed by atoms with van der Waals surface area (Å²) in [6.07, 6.45) is 6.91. The molecular formula is C18H24N4O3. The van der Waals surface area contributed by atoms with Gasteiger partial charge in [-0.25, -0.2) is 9.59 Å². The molecule has 7 nitrogen and oxygen atoms in total. The van der Waals surface area contributed by atoms with Crippen molar-refractivity contribution in [2.24, 2.45) is 11.3 Å². The van der Waals surface area contributed by atoms with Gasteiger partial charge in [0.25, 0.3) is 0 Å². The molecule has 3 aliphatic rings. The lowest BCUT2D eigenvalue weighted by Crippen LogP contribution is -2.51. The zero-order valence-electron chi connectivity index (χ0n) is 14.3. The van der Waals surface area contributed by atoms with Crippen molar-refractivity contribution in [3.05, 3.63) is 29.6 Å². The van der Waals surface area contributed by atoms with Crippen LogP contribution in [0.15, 0.2) is 18.5 Å².